The maximum atomic E-state index is 10.7. The minimum Gasteiger partial charge on any atom is -0.381 e. The van der Waals surface area contributed by atoms with Gasteiger partial charge in [0.15, 0.2) is 0 Å². The lowest BCUT2D eigenvalue weighted by molar-refractivity contribution is -0.384. The van der Waals surface area contributed by atoms with Crippen LogP contribution in [-0.2, 0) is 4.74 Å². The van der Waals surface area contributed by atoms with E-state index in [1.165, 1.54) is 12.1 Å². The molecule has 1 aliphatic rings. The fraction of sp³-hybridized carbons (Fsp3) is 0.500. The number of ether oxygens (including phenoxy) is 1. The van der Waals surface area contributed by atoms with E-state index in [1.54, 1.807) is 6.07 Å². The van der Waals surface area contributed by atoms with Gasteiger partial charge in [-0.2, -0.15) is 5.26 Å². The zero-order valence-corrected chi connectivity index (χ0v) is 11.9. The third kappa shape index (κ3) is 3.90. The minimum atomic E-state index is -0.506. The molecule has 112 valence electrons. The summed E-state index contributed by atoms with van der Waals surface area (Å²) >= 11 is 0. The molecule has 2 rings (SSSR count). The van der Waals surface area contributed by atoms with Crippen LogP contribution in [0.1, 0.15) is 12.5 Å². The molecule has 1 unspecified atom stereocenters. The van der Waals surface area contributed by atoms with Gasteiger partial charge in [-0.3, -0.25) is 15.0 Å². The second kappa shape index (κ2) is 7.02. The van der Waals surface area contributed by atoms with Crippen molar-refractivity contribution in [2.45, 2.75) is 13.0 Å². The van der Waals surface area contributed by atoms with E-state index >= 15 is 0 Å². The molecule has 1 atom stereocenters. The maximum absolute atomic E-state index is 10.7. The molecular weight excluding hydrogens is 272 g/mol. The molecule has 0 spiro atoms. The van der Waals surface area contributed by atoms with Gasteiger partial charge in [0.2, 0.25) is 0 Å². The Hall–Kier alpha value is -2.17. The van der Waals surface area contributed by atoms with Crippen LogP contribution in [0.5, 0.6) is 0 Å². The highest BCUT2D eigenvalue weighted by molar-refractivity contribution is 5.61. The van der Waals surface area contributed by atoms with Gasteiger partial charge in [-0.05, 0) is 12.6 Å². The molecule has 0 radical (unpaired) electrons. The van der Waals surface area contributed by atoms with Gasteiger partial charge < -0.3 is 10.1 Å². The summed E-state index contributed by atoms with van der Waals surface area (Å²) in [7, 11) is 0. The quantitative estimate of drug-likeness (QED) is 0.654. The lowest BCUT2D eigenvalue weighted by atomic mass is 10.1. The van der Waals surface area contributed by atoms with Crippen LogP contribution in [-0.4, -0.2) is 48.7 Å². The van der Waals surface area contributed by atoms with Gasteiger partial charge in [-0.25, -0.2) is 0 Å². The molecule has 1 aromatic rings. The van der Waals surface area contributed by atoms with Crippen LogP contribution in [0.4, 0.5) is 11.4 Å². The van der Waals surface area contributed by atoms with E-state index in [4.69, 9.17) is 10.00 Å². The molecule has 1 aliphatic heterocycles. The Kier molecular flexibility index (Phi) is 5.09. The number of non-ortho nitro benzene ring substituents is 1. The number of anilines is 1. The first-order valence-corrected chi connectivity index (χ1v) is 6.90. The van der Waals surface area contributed by atoms with Crippen molar-refractivity contribution in [2.75, 3.05) is 38.1 Å². The Labute approximate surface area is 123 Å². The third-order valence-corrected chi connectivity index (χ3v) is 3.52. The first-order chi connectivity index (χ1) is 10.1. The lowest BCUT2D eigenvalue weighted by Gasteiger charge is -2.32. The van der Waals surface area contributed by atoms with Crippen LogP contribution in [0.15, 0.2) is 18.2 Å². The van der Waals surface area contributed by atoms with Gasteiger partial charge in [0, 0.05) is 31.8 Å². The van der Waals surface area contributed by atoms with Crippen molar-refractivity contribution >= 4 is 11.4 Å². The zero-order chi connectivity index (χ0) is 15.2. The number of nitrogens with zero attached hydrogens (tertiary/aromatic N) is 3. The number of hydrogen-bond donors (Lipinski definition) is 1. The lowest BCUT2D eigenvalue weighted by Crippen LogP contribution is -2.45. The monoisotopic (exact) mass is 290 g/mol. The van der Waals surface area contributed by atoms with Crippen LogP contribution in [0, 0.1) is 21.4 Å². The largest absolute Gasteiger partial charge is 0.381 e. The van der Waals surface area contributed by atoms with Crippen molar-refractivity contribution in [1.82, 2.24) is 4.90 Å². The molecule has 1 N–H and O–H groups in total. The summed E-state index contributed by atoms with van der Waals surface area (Å²) in [5.41, 5.74) is 0.788. The summed E-state index contributed by atoms with van der Waals surface area (Å²) in [6, 6.07) is 6.22. The van der Waals surface area contributed by atoms with Crippen LogP contribution in [0.3, 0.4) is 0 Å². The fourth-order valence-electron chi connectivity index (χ4n) is 2.31. The molecule has 1 saturated heterocycles. The maximum Gasteiger partial charge on any atom is 0.270 e. The summed E-state index contributed by atoms with van der Waals surface area (Å²) in [6.45, 7) is 6.15. The Morgan fingerprint density at radius 3 is 3.10 bits per heavy atom. The van der Waals surface area contributed by atoms with E-state index in [-0.39, 0.29) is 17.4 Å². The van der Waals surface area contributed by atoms with Crippen molar-refractivity contribution in [2.24, 2.45) is 0 Å². The topological polar surface area (TPSA) is 91.4 Å². The van der Waals surface area contributed by atoms with Crippen LogP contribution >= 0.6 is 0 Å². The number of nitro groups is 1. The molecule has 1 heterocycles. The van der Waals surface area contributed by atoms with Crippen molar-refractivity contribution in [3.8, 4) is 6.07 Å². The average Bonchev–Trinajstić information content (AvgIpc) is 2.52. The number of likely N-dealkylation sites (N-methyl/N-ethyl adjacent to an activating group) is 1. The smallest absolute Gasteiger partial charge is 0.270 e. The van der Waals surface area contributed by atoms with Crippen molar-refractivity contribution < 1.29 is 9.66 Å². The van der Waals surface area contributed by atoms with E-state index in [0.29, 0.717) is 18.8 Å². The van der Waals surface area contributed by atoms with Gasteiger partial charge in [-0.1, -0.05) is 6.92 Å². The molecule has 1 aromatic carbocycles. The van der Waals surface area contributed by atoms with E-state index in [2.05, 4.69) is 17.1 Å². The number of nitrogens with one attached hydrogen (secondary N) is 1. The van der Waals surface area contributed by atoms with Crippen LogP contribution in [0.2, 0.25) is 0 Å². The number of hydrogen-bond acceptors (Lipinski definition) is 6. The van der Waals surface area contributed by atoms with Crippen molar-refractivity contribution in [3.05, 3.63) is 33.9 Å². The van der Waals surface area contributed by atoms with E-state index in [1.807, 2.05) is 6.07 Å². The summed E-state index contributed by atoms with van der Waals surface area (Å²) in [4.78, 5) is 12.5. The Balaban J connectivity index is 2.00. The normalized spacial score (nSPS) is 19.0. The fourth-order valence-corrected chi connectivity index (χ4v) is 2.31. The standard InChI is InChI=1S/C14H18N4O3/c1-2-17-5-6-21-13(10-17)9-16-14-4-3-12(18(19)20)7-11(14)8-15/h3-4,7,13,16H,2,5-6,9-10H2,1H3. The Morgan fingerprint density at radius 1 is 1.62 bits per heavy atom. The number of nitriles is 1. The predicted octanol–water partition coefficient (Wildman–Crippen LogP) is 1.60. The number of nitro benzene ring substituents is 1. The summed E-state index contributed by atoms with van der Waals surface area (Å²) < 4.78 is 5.67. The van der Waals surface area contributed by atoms with Gasteiger partial charge >= 0.3 is 0 Å². The summed E-state index contributed by atoms with van der Waals surface area (Å²) in [5.74, 6) is 0. The number of benzene rings is 1. The summed E-state index contributed by atoms with van der Waals surface area (Å²) in [5, 5.41) is 22.9. The van der Waals surface area contributed by atoms with Gasteiger partial charge in [0.1, 0.15) is 6.07 Å². The third-order valence-electron chi connectivity index (χ3n) is 3.52. The molecule has 7 heteroatoms. The van der Waals surface area contributed by atoms with Gasteiger partial charge in [0.25, 0.3) is 5.69 Å². The second-order valence-electron chi connectivity index (χ2n) is 4.87. The van der Waals surface area contributed by atoms with Crippen molar-refractivity contribution in [1.29, 1.82) is 5.26 Å². The number of rotatable bonds is 5. The predicted molar refractivity (Wildman–Crippen MR) is 78.2 cm³/mol. The van der Waals surface area contributed by atoms with Gasteiger partial charge in [-0.15, -0.1) is 0 Å². The highest BCUT2D eigenvalue weighted by Gasteiger charge is 2.19. The van der Waals surface area contributed by atoms with E-state index in [9.17, 15) is 10.1 Å². The SMILES string of the molecule is CCN1CCOC(CNc2ccc([N+](=O)[O-])cc2C#N)C1. The first kappa shape index (κ1) is 15.2. The molecule has 1 fully saturated rings. The molecule has 0 amide bonds. The average molecular weight is 290 g/mol. The molecular formula is C14H18N4O3. The molecule has 21 heavy (non-hydrogen) atoms. The molecule has 0 aromatic heterocycles. The van der Waals surface area contributed by atoms with Crippen molar-refractivity contribution in [3.63, 3.8) is 0 Å². The molecule has 0 bridgehead atoms. The van der Waals surface area contributed by atoms with Gasteiger partial charge in [0.05, 0.1) is 28.9 Å². The van der Waals surface area contributed by atoms with Crippen LogP contribution < -0.4 is 5.32 Å². The molecule has 7 nitrogen and oxygen atoms in total. The zero-order valence-electron chi connectivity index (χ0n) is 11.9. The number of morpholine rings is 1. The molecule has 0 aliphatic carbocycles. The highest BCUT2D eigenvalue weighted by Crippen LogP contribution is 2.21. The highest BCUT2D eigenvalue weighted by atomic mass is 16.6. The van der Waals surface area contributed by atoms with E-state index in [0.717, 1.165) is 19.6 Å². The molecule has 0 saturated carbocycles. The minimum absolute atomic E-state index is 0.0560. The van der Waals surface area contributed by atoms with E-state index < -0.39 is 4.92 Å². The second-order valence-corrected chi connectivity index (χ2v) is 4.87. The van der Waals surface area contributed by atoms with Crippen LogP contribution in [0.25, 0.3) is 0 Å². The Bertz CT molecular complexity index is 556. The first-order valence-electron chi connectivity index (χ1n) is 6.90. The Morgan fingerprint density at radius 2 is 2.43 bits per heavy atom. The summed E-state index contributed by atoms with van der Waals surface area (Å²) in [6.07, 6.45) is 0.0560.